The van der Waals surface area contributed by atoms with E-state index in [0.717, 1.165) is 25.7 Å². The monoisotopic (exact) mass is 382 g/mol. The average molecular weight is 382 g/mol. The number of hydrogen-bond donors (Lipinski definition) is 0. The van der Waals surface area contributed by atoms with Gasteiger partial charge in [-0.3, -0.25) is 14.6 Å². The molecule has 2 aliphatic heterocycles. The number of amides is 2. The van der Waals surface area contributed by atoms with Crippen LogP contribution in [-0.2, 0) is 4.79 Å². The summed E-state index contributed by atoms with van der Waals surface area (Å²) >= 11 is 0. The highest BCUT2D eigenvalue weighted by molar-refractivity contribution is 5.99. The molecule has 0 aliphatic carbocycles. The number of benzene rings is 1. The number of carbonyl (C=O) groups excluding carboxylic acids is 2. The number of rotatable bonds is 2. The van der Waals surface area contributed by atoms with E-state index in [1.165, 1.54) is 18.3 Å². The maximum absolute atomic E-state index is 13.4. The van der Waals surface area contributed by atoms with Crippen molar-refractivity contribution in [2.45, 2.75) is 32.6 Å². The van der Waals surface area contributed by atoms with Gasteiger partial charge in [0.2, 0.25) is 5.91 Å². The molecule has 28 heavy (non-hydrogen) atoms. The molecule has 1 unspecified atom stereocenters. The molecule has 1 atom stereocenters. The van der Waals surface area contributed by atoms with Crippen molar-refractivity contribution in [3.05, 3.63) is 53.9 Å². The summed E-state index contributed by atoms with van der Waals surface area (Å²) in [6.07, 6.45) is 6.22. The Kier molecular flexibility index (Phi) is 4.83. The number of aromatic nitrogens is 2. The Hall–Kier alpha value is -2.83. The van der Waals surface area contributed by atoms with Crippen LogP contribution in [0.15, 0.2) is 36.7 Å². The molecular weight excluding hydrogens is 359 g/mol. The fraction of sp³-hybridized carbons (Fsp3) is 0.429. The minimum Gasteiger partial charge on any atom is -0.336 e. The molecule has 0 N–H and O–H groups in total. The van der Waals surface area contributed by atoms with Crippen molar-refractivity contribution >= 4 is 17.5 Å². The summed E-state index contributed by atoms with van der Waals surface area (Å²) in [5.41, 5.74) is 1.06. The number of carbonyl (C=O) groups is 2. The number of likely N-dealkylation sites (tertiary alicyclic amines) is 1. The molecule has 2 aliphatic rings. The number of nitrogens with zero attached hydrogens (tertiary/aromatic N) is 4. The van der Waals surface area contributed by atoms with Crippen molar-refractivity contribution in [2.75, 3.05) is 24.5 Å². The Morgan fingerprint density at radius 2 is 1.75 bits per heavy atom. The molecule has 2 aromatic rings. The average Bonchev–Trinajstić information content (AvgIpc) is 2.71. The Morgan fingerprint density at radius 3 is 2.46 bits per heavy atom. The molecule has 0 radical (unpaired) electrons. The molecular formula is C21H23FN4O2. The third kappa shape index (κ3) is 3.25. The third-order valence-corrected chi connectivity index (χ3v) is 5.82. The molecule has 1 aromatic heterocycles. The van der Waals surface area contributed by atoms with Crippen LogP contribution in [0.2, 0.25) is 0 Å². The van der Waals surface area contributed by atoms with Gasteiger partial charge in [-0.05, 0) is 56.9 Å². The second-order valence-corrected chi connectivity index (χ2v) is 7.64. The SMILES string of the molecule is Cc1nccnc1C(=O)N1CCCC2(CCCN(c3ccc(F)cc3)C2=O)C1. The van der Waals surface area contributed by atoms with Crippen LogP contribution in [-0.4, -0.2) is 46.3 Å². The molecule has 2 amide bonds. The smallest absolute Gasteiger partial charge is 0.274 e. The van der Waals surface area contributed by atoms with Gasteiger partial charge >= 0.3 is 0 Å². The first-order chi connectivity index (χ1) is 13.5. The lowest BCUT2D eigenvalue weighted by Crippen LogP contribution is -2.57. The summed E-state index contributed by atoms with van der Waals surface area (Å²) in [7, 11) is 0. The van der Waals surface area contributed by atoms with E-state index >= 15 is 0 Å². The fourth-order valence-corrected chi connectivity index (χ4v) is 4.39. The first-order valence-corrected chi connectivity index (χ1v) is 9.65. The Labute approximate surface area is 163 Å². The molecule has 1 aromatic carbocycles. The zero-order chi connectivity index (χ0) is 19.7. The zero-order valence-corrected chi connectivity index (χ0v) is 15.9. The molecule has 7 heteroatoms. The quantitative estimate of drug-likeness (QED) is 0.801. The van der Waals surface area contributed by atoms with Gasteiger partial charge in [0.05, 0.1) is 11.1 Å². The lowest BCUT2D eigenvalue weighted by atomic mass is 9.72. The van der Waals surface area contributed by atoms with E-state index < -0.39 is 5.41 Å². The molecule has 0 bridgehead atoms. The Bertz CT molecular complexity index is 898. The number of piperidine rings is 2. The predicted octanol–water partition coefficient (Wildman–Crippen LogP) is 2.97. The maximum atomic E-state index is 13.4. The third-order valence-electron chi connectivity index (χ3n) is 5.82. The van der Waals surface area contributed by atoms with E-state index in [-0.39, 0.29) is 17.6 Å². The molecule has 4 rings (SSSR count). The van der Waals surface area contributed by atoms with Gasteiger partial charge in [-0.15, -0.1) is 0 Å². The van der Waals surface area contributed by atoms with E-state index in [1.54, 1.807) is 35.1 Å². The molecule has 0 saturated carbocycles. The van der Waals surface area contributed by atoms with E-state index in [4.69, 9.17) is 0 Å². The molecule has 2 fully saturated rings. The van der Waals surface area contributed by atoms with Gasteiger partial charge in [-0.1, -0.05) is 0 Å². The van der Waals surface area contributed by atoms with Crippen molar-refractivity contribution in [2.24, 2.45) is 5.41 Å². The van der Waals surface area contributed by atoms with E-state index in [1.807, 2.05) is 0 Å². The van der Waals surface area contributed by atoms with E-state index in [9.17, 15) is 14.0 Å². The van der Waals surface area contributed by atoms with Crippen molar-refractivity contribution in [1.82, 2.24) is 14.9 Å². The van der Waals surface area contributed by atoms with Gasteiger partial charge in [0.15, 0.2) is 0 Å². The number of anilines is 1. The van der Waals surface area contributed by atoms with E-state index in [0.29, 0.717) is 36.7 Å². The summed E-state index contributed by atoms with van der Waals surface area (Å²) in [5.74, 6) is -0.466. The summed E-state index contributed by atoms with van der Waals surface area (Å²) < 4.78 is 13.3. The Balaban J connectivity index is 1.58. The number of aryl methyl sites for hydroxylation is 1. The summed E-state index contributed by atoms with van der Waals surface area (Å²) in [6, 6.07) is 6.02. The lowest BCUT2D eigenvalue weighted by molar-refractivity contribution is -0.133. The Morgan fingerprint density at radius 1 is 1.07 bits per heavy atom. The molecule has 146 valence electrons. The first-order valence-electron chi connectivity index (χ1n) is 9.65. The zero-order valence-electron chi connectivity index (χ0n) is 15.9. The molecule has 6 nitrogen and oxygen atoms in total. The minimum atomic E-state index is -0.587. The second-order valence-electron chi connectivity index (χ2n) is 7.64. The van der Waals surface area contributed by atoms with Crippen LogP contribution in [0.3, 0.4) is 0 Å². The fourth-order valence-electron chi connectivity index (χ4n) is 4.39. The molecule has 1 spiro atoms. The van der Waals surface area contributed by atoms with Crippen molar-refractivity contribution < 1.29 is 14.0 Å². The lowest BCUT2D eigenvalue weighted by Gasteiger charge is -2.47. The van der Waals surface area contributed by atoms with Crippen molar-refractivity contribution in [1.29, 1.82) is 0 Å². The van der Waals surface area contributed by atoms with Crippen molar-refractivity contribution in [3.63, 3.8) is 0 Å². The summed E-state index contributed by atoms with van der Waals surface area (Å²) in [5, 5.41) is 0. The highest BCUT2D eigenvalue weighted by atomic mass is 19.1. The van der Waals surface area contributed by atoms with Crippen LogP contribution in [0.1, 0.15) is 41.9 Å². The molecule has 2 saturated heterocycles. The molecule has 3 heterocycles. The maximum Gasteiger partial charge on any atom is 0.274 e. The van der Waals surface area contributed by atoms with Gasteiger partial charge < -0.3 is 9.80 Å². The topological polar surface area (TPSA) is 66.4 Å². The number of halogens is 1. The van der Waals surface area contributed by atoms with Crippen LogP contribution in [0, 0.1) is 18.2 Å². The summed E-state index contributed by atoms with van der Waals surface area (Å²) in [4.78, 5) is 38.3. The van der Waals surface area contributed by atoms with Crippen LogP contribution >= 0.6 is 0 Å². The largest absolute Gasteiger partial charge is 0.336 e. The van der Waals surface area contributed by atoms with Crippen LogP contribution in [0.25, 0.3) is 0 Å². The highest BCUT2D eigenvalue weighted by Crippen LogP contribution is 2.41. The highest BCUT2D eigenvalue weighted by Gasteiger charge is 2.47. The van der Waals surface area contributed by atoms with Crippen LogP contribution in [0.4, 0.5) is 10.1 Å². The predicted molar refractivity (Wildman–Crippen MR) is 102 cm³/mol. The van der Waals surface area contributed by atoms with E-state index in [2.05, 4.69) is 9.97 Å². The normalized spacial score (nSPS) is 22.6. The second kappa shape index (κ2) is 7.30. The number of hydrogen-bond acceptors (Lipinski definition) is 4. The van der Waals surface area contributed by atoms with Gasteiger partial charge in [0.25, 0.3) is 5.91 Å². The van der Waals surface area contributed by atoms with Gasteiger partial charge in [0, 0.05) is 37.7 Å². The minimum absolute atomic E-state index is 0.0266. The van der Waals surface area contributed by atoms with Gasteiger partial charge in [0.1, 0.15) is 11.5 Å². The standard InChI is InChI=1S/C21H23FN4O2/c1-15-18(24-11-10-23-15)19(27)25-12-2-8-21(14-25)9-3-13-26(20(21)28)17-6-4-16(22)5-7-17/h4-7,10-11H,2-3,8-9,12-14H2,1H3. The summed E-state index contributed by atoms with van der Waals surface area (Å²) in [6.45, 7) is 3.38. The van der Waals surface area contributed by atoms with Crippen LogP contribution in [0.5, 0.6) is 0 Å². The van der Waals surface area contributed by atoms with Gasteiger partial charge in [-0.2, -0.15) is 0 Å². The first kappa shape index (κ1) is 18.5. The van der Waals surface area contributed by atoms with Crippen molar-refractivity contribution in [3.8, 4) is 0 Å². The van der Waals surface area contributed by atoms with Gasteiger partial charge in [-0.25, -0.2) is 9.37 Å². The van der Waals surface area contributed by atoms with Crippen LogP contribution < -0.4 is 4.90 Å².